The van der Waals surface area contributed by atoms with Crippen LogP contribution in [0.5, 0.6) is 0 Å². The Morgan fingerprint density at radius 1 is 1.80 bits per heavy atom. The van der Waals surface area contributed by atoms with Crippen molar-refractivity contribution in [2.45, 2.75) is 6.92 Å². The molecule has 1 amide bonds. The second kappa shape index (κ2) is 3.15. The minimum absolute atomic E-state index is 0.0417. The van der Waals surface area contributed by atoms with Crippen molar-refractivity contribution in [3.8, 4) is 0 Å². The van der Waals surface area contributed by atoms with Gasteiger partial charge in [0.2, 0.25) is 5.91 Å². The van der Waals surface area contributed by atoms with Gasteiger partial charge < -0.3 is 4.90 Å². The van der Waals surface area contributed by atoms with E-state index in [9.17, 15) is 4.79 Å². The molecule has 0 unspecified atom stereocenters. The number of carbonyl (C=O) groups excluding carboxylic acids is 1. The molecule has 1 aliphatic heterocycles. The van der Waals surface area contributed by atoms with Crippen molar-refractivity contribution >= 4 is 12.1 Å². The highest BCUT2D eigenvalue weighted by atomic mass is 16.2. The molecule has 0 aromatic heterocycles. The van der Waals surface area contributed by atoms with Crippen molar-refractivity contribution in [2.75, 3.05) is 13.1 Å². The second-order valence-corrected chi connectivity index (χ2v) is 2.02. The Bertz CT molecular complexity index is 184. The second-order valence-electron chi connectivity index (χ2n) is 2.02. The smallest absolute Gasteiger partial charge is 0.248 e. The maximum Gasteiger partial charge on any atom is 0.248 e. The Morgan fingerprint density at radius 2 is 2.60 bits per heavy atom. The fourth-order valence-electron chi connectivity index (χ4n) is 0.794. The summed E-state index contributed by atoms with van der Waals surface area (Å²) in [7, 11) is 0. The van der Waals surface area contributed by atoms with Crippen LogP contribution >= 0.6 is 0 Å². The van der Waals surface area contributed by atoms with E-state index in [0.29, 0.717) is 6.54 Å². The molecule has 0 bridgehead atoms. The van der Waals surface area contributed by atoms with Gasteiger partial charge in [-0.05, 0) is 6.92 Å². The van der Waals surface area contributed by atoms with Crippen LogP contribution in [0.2, 0.25) is 0 Å². The first-order chi connectivity index (χ1) is 4.84. The van der Waals surface area contributed by atoms with Crippen molar-refractivity contribution in [3.63, 3.8) is 0 Å². The molecule has 0 atom stereocenters. The third-order valence-electron chi connectivity index (χ3n) is 1.40. The fraction of sp³-hybridized carbons (Fsp3) is 0.429. The summed E-state index contributed by atoms with van der Waals surface area (Å²) in [5.74, 6) is 0.0417. The Balaban J connectivity index is 2.65. The zero-order valence-electron chi connectivity index (χ0n) is 5.95. The normalized spacial score (nSPS) is 17.7. The molecule has 0 N–H and O–H groups in total. The number of likely N-dealkylation sites (N-methyl/N-ethyl adjacent to an activating group) is 1. The van der Waals surface area contributed by atoms with E-state index in [0.717, 1.165) is 6.54 Å². The highest BCUT2D eigenvalue weighted by molar-refractivity contribution is 5.90. The molecule has 1 aliphatic rings. The number of amides is 1. The third-order valence-corrected chi connectivity index (χ3v) is 1.40. The SMILES string of the molecule is CCN1CC=NC=CC1=O. The molecule has 0 fully saturated rings. The predicted octanol–water partition coefficient (Wildman–Crippen LogP) is 0.433. The van der Waals surface area contributed by atoms with E-state index in [-0.39, 0.29) is 5.91 Å². The van der Waals surface area contributed by atoms with Crippen LogP contribution in [-0.2, 0) is 4.79 Å². The first-order valence-corrected chi connectivity index (χ1v) is 3.31. The van der Waals surface area contributed by atoms with E-state index in [4.69, 9.17) is 0 Å². The van der Waals surface area contributed by atoms with Gasteiger partial charge in [0.25, 0.3) is 0 Å². The lowest BCUT2D eigenvalue weighted by Crippen LogP contribution is -2.29. The topological polar surface area (TPSA) is 32.7 Å². The lowest BCUT2D eigenvalue weighted by atomic mass is 10.4. The lowest BCUT2D eigenvalue weighted by molar-refractivity contribution is -0.125. The number of nitrogens with zero attached hydrogens (tertiary/aromatic N) is 2. The van der Waals surface area contributed by atoms with Gasteiger partial charge in [0.15, 0.2) is 0 Å². The third kappa shape index (κ3) is 1.43. The lowest BCUT2D eigenvalue weighted by Gasteiger charge is -2.14. The molecule has 0 aromatic rings. The highest BCUT2D eigenvalue weighted by Gasteiger charge is 2.06. The van der Waals surface area contributed by atoms with Crippen molar-refractivity contribution < 1.29 is 4.79 Å². The summed E-state index contributed by atoms with van der Waals surface area (Å²) in [6.45, 7) is 3.32. The molecule has 0 aliphatic carbocycles. The molecule has 54 valence electrons. The van der Waals surface area contributed by atoms with E-state index in [1.165, 1.54) is 12.3 Å². The monoisotopic (exact) mass is 138 g/mol. The standard InChI is InChI=1S/C7H10N2O/c1-2-9-6-5-8-4-3-7(9)10/h3-5H,2,6H2,1H3. The molecule has 3 heteroatoms. The van der Waals surface area contributed by atoms with Gasteiger partial charge in [0.1, 0.15) is 0 Å². The molecule has 0 saturated carbocycles. The maximum absolute atomic E-state index is 11.0. The Hall–Kier alpha value is -1.12. The van der Waals surface area contributed by atoms with Crippen LogP contribution in [0.4, 0.5) is 0 Å². The van der Waals surface area contributed by atoms with E-state index in [1.807, 2.05) is 6.92 Å². The Labute approximate surface area is 60.1 Å². The van der Waals surface area contributed by atoms with Crippen molar-refractivity contribution in [1.29, 1.82) is 0 Å². The van der Waals surface area contributed by atoms with Crippen LogP contribution in [0.1, 0.15) is 6.92 Å². The van der Waals surface area contributed by atoms with Gasteiger partial charge in [-0.3, -0.25) is 9.79 Å². The van der Waals surface area contributed by atoms with Crippen molar-refractivity contribution in [1.82, 2.24) is 4.90 Å². The first-order valence-electron chi connectivity index (χ1n) is 3.31. The zero-order valence-corrected chi connectivity index (χ0v) is 5.95. The minimum Gasteiger partial charge on any atom is -0.334 e. The summed E-state index contributed by atoms with van der Waals surface area (Å²) >= 11 is 0. The van der Waals surface area contributed by atoms with Gasteiger partial charge in [-0.25, -0.2) is 0 Å². The first kappa shape index (κ1) is 6.99. The van der Waals surface area contributed by atoms with Crippen LogP contribution in [0.3, 0.4) is 0 Å². The molecule has 1 rings (SSSR count). The van der Waals surface area contributed by atoms with Gasteiger partial charge in [-0.2, -0.15) is 0 Å². The quantitative estimate of drug-likeness (QED) is 0.517. The summed E-state index contributed by atoms with van der Waals surface area (Å²) < 4.78 is 0. The molecule has 1 heterocycles. The summed E-state index contributed by atoms with van der Waals surface area (Å²) in [5, 5.41) is 0. The van der Waals surface area contributed by atoms with Gasteiger partial charge in [-0.1, -0.05) is 0 Å². The van der Waals surface area contributed by atoms with Gasteiger partial charge in [-0.15, -0.1) is 0 Å². The maximum atomic E-state index is 11.0. The van der Waals surface area contributed by atoms with Crippen LogP contribution in [0.15, 0.2) is 17.3 Å². The van der Waals surface area contributed by atoms with E-state index < -0.39 is 0 Å². The predicted molar refractivity (Wildman–Crippen MR) is 39.9 cm³/mol. The Morgan fingerprint density at radius 3 is 3.30 bits per heavy atom. The van der Waals surface area contributed by atoms with Gasteiger partial charge in [0.05, 0.1) is 6.54 Å². The number of aliphatic imine (C=N–C) groups is 1. The van der Waals surface area contributed by atoms with Crippen LogP contribution in [0, 0.1) is 0 Å². The van der Waals surface area contributed by atoms with Gasteiger partial charge >= 0.3 is 0 Å². The number of rotatable bonds is 1. The molecule has 3 nitrogen and oxygen atoms in total. The van der Waals surface area contributed by atoms with Crippen molar-refractivity contribution in [3.05, 3.63) is 12.3 Å². The largest absolute Gasteiger partial charge is 0.334 e. The molecule has 10 heavy (non-hydrogen) atoms. The van der Waals surface area contributed by atoms with Crippen LogP contribution < -0.4 is 0 Å². The molecule has 0 spiro atoms. The molecular weight excluding hydrogens is 128 g/mol. The molecule has 0 saturated heterocycles. The fourth-order valence-corrected chi connectivity index (χ4v) is 0.794. The summed E-state index contributed by atoms with van der Waals surface area (Å²) in [4.78, 5) is 16.6. The van der Waals surface area contributed by atoms with Crippen molar-refractivity contribution in [2.24, 2.45) is 4.99 Å². The summed E-state index contributed by atoms with van der Waals surface area (Å²) in [5.41, 5.74) is 0. The van der Waals surface area contributed by atoms with E-state index in [1.54, 1.807) is 11.1 Å². The van der Waals surface area contributed by atoms with Crippen LogP contribution in [0.25, 0.3) is 0 Å². The van der Waals surface area contributed by atoms with Crippen LogP contribution in [-0.4, -0.2) is 30.1 Å². The van der Waals surface area contributed by atoms with E-state index >= 15 is 0 Å². The van der Waals surface area contributed by atoms with Gasteiger partial charge in [0, 0.05) is 25.0 Å². The Kier molecular flexibility index (Phi) is 2.20. The summed E-state index contributed by atoms with van der Waals surface area (Å²) in [6.07, 6.45) is 4.73. The number of hydrogen-bond acceptors (Lipinski definition) is 2. The van der Waals surface area contributed by atoms with E-state index in [2.05, 4.69) is 4.99 Å². The zero-order chi connectivity index (χ0) is 7.40. The number of carbonyl (C=O) groups is 1. The minimum atomic E-state index is 0.0417. The molecule has 0 radical (unpaired) electrons. The highest BCUT2D eigenvalue weighted by Crippen LogP contribution is 1.93. The molecular formula is C7H10N2O. The average Bonchev–Trinajstić information content (AvgIpc) is 2.13. The average molecular weight is 138 g/mol. The molecule has 0 aromatic carbocycles. The summed E-state index contributed by atoms with van der Waals surface area (Å²) in [6, 6.07) is 0. The number of hydrogen-bond donors (Lipinski definition) is 0.